The Kier molecular flexibility index (Phi) is 4.14. The monoisotopic (exact) mass is 320 g/mol. The van der Waals surface area contributed by atoms with Crippen molar-refractivity contribution in [3.63, 3.8) is 0 Å². The van der Waals surface area contributed by atoms with Gasteiger partial charge in [0.2, 0.25) is 0 Å². The van der Waals surface area contributed by atoms with Gasteiger partial charge in [0.15, 0.2) is 11.6 Å². The van der Waals surface area contributed by atoms with Gasteiger partial charge in [0.05, 0.1) is 5.54 Å². The molecule has 0 amide bonds. The minimum Gasteiger partial charge on any atom is -0.362 e. The third-order valence-corrected chi connectivity index (χ3v) is 4.79. The molecule has 0 N–H and O–H groups in total. The van der Waals surface area contributed by atoms with Crippen LogP contribution in [0.15, 0.2) is 54.6 Å². The Balaban J connectivity index is 2.03. The van der Waals surface area contributed by atoms with E-state index in [1.165, 1.54) is 5.56 Å². The van der Waals surface area contributed by atoms with Gasteiger partial charge in [-0.25, -0.2) is 0 Å². The smallest absolute Gasteiger partial charge is 0.164 e. The van der Waals surface area contributed by atoms with Crippen molar-refractivity contribution in [3.8, 4) is 11.4 Å². The zero-order chi connectivity index (χ0) is 17.3. The normalized spacial score (nSPS) is 11.5. The molecule has 0 fully saturated rings. The van der Waals surface area contributed by atoms with Crippen molar-refractivity contribution in [2.45, 2.75) is 26.3 Å². The molecule has 0 aliphatic carbocycles. The predicted octanol–water partition coefficient (Wildman–Crippen LogP) is 4.16. The highest BCUT2D eigenvalue weighted by Gasteiger charge is 2.32. The first-order valence-corrected chi connectivity index (χ1v) is 8.17. The van der Waals surface area contributed by atoms with E-state index in [0.29, 0.717) is 0 Å². The van der Waals surface area contributed by atoms with E-state index < -0.39 is 0 Å². The lowest BCUT2D eigenvalue weighted by Gasteiger charge is -2.36. The SMILES string of the molecule is Cc1ccccc1-c1nnc(C(C)(C)N(C)c2ccccc2)n1C. The van der Waals surface area contributed by atoms with E-state index in [2.05, 4.69) is 83.9 Å². The van der Waals surface area contributed by atoms with E-state index in [1.807, 2.05) is 25.2 Å². The summed E-state index contributed by atoms with van der Waals surface area (Å²) in [7, 11) is 4.13. The molecule has 24 heavy (non-hydrogen) atoms. The fourth-order valence-electron chi connectivity index (χ4n) is 3.04. The molecule has 4 nitrogen and oxygen atoms in total. The van der Waals surface area contributed by atoms with Crippen LogP contribution in [-0.4, -0.2) is 21.8 Å². The Labute approximate surface area is 143 Å². The van der Waals surface area contributed by atoms with Gasteiger partial charge in [0.1, 0.15) is 0 Å². The van der Waals surface area contributed by atoms with Crippen molar-refractivity contribution in [2.24, 2.45) is 7.05 Å². The predicted molar refractivity (Wildman–Crippen MR) is 99.0 cm³/mol. The Morgan fingerprint density at radius 1 is 0.917 bits per heavy atom. The minimum absolute atomic E-state index is 0.288. The van der Waals surface area contributed by atoms with E-state index >= 15 is 0 Å². The maximum atomic E-state index is 4.52. The van der Waals surface area contributed by atoms with E-state index in [-0.39, 0.29) is 5.54 Å². The second-order valence-electron chi connectivity index (χ2n) is 6.67. The molecule has 1 heterocycles. The van der Waals surface area contributed by atoms with Gasteiger partial charge in [-0.3, -0.25) is 0 Å². The Morgan fingerprint density at radius 3 is 2.21 bits per heavy atom. The summed E-state index contributed by atoms with van der Waals surface area (Å²) in [5.41, 5.74) is 3.19. The van der Waals surface area contributed by atoms with Crippen molar-refractivity contribution in [1.29, 1.82) is 0 Å². The molecule has 0 spiro atoms. The molecule has 3 rings (SSSR count). The second kappa shape index (κ2) is 6.11. The molecule has 3 aromatic rings. The molecule has 0 saturated carbocycles. The van der Waals surface area contributed by atoms with Crippen LogP contribution >= 0.6 is 0 Å². The molecule has 2 aromatic carbocycles. The quantitative estimate of drug-likeness (QED) is 0.724. The molecule has 0 aliphatic heterocycles. The van der Waals surface area contributed by atoms with Crippen LogP contribution in [0.2, 0.25) is 0 Å². The largest absolute Gasteiger partial charge is 0.362 e. The van der Waals surface area contributed by atoms with E-state index in [0.717, 1.165) is 22.9 Å². The number of benzene rings is 2. The zero-order valence-corrected chi connectivity index (χ0v) is 15.0. The van der Waals surface area contributed by atoms with Crippen molar-refractivity contribution in [3.05, 3.63) is 66.0 Å². The van der Waals surface area contributed by atoms with Gasteiger partial charge in [-0.1, -0.05) is 42.5 Å². The second-order valence-corrected chi connectivity index (χ2v) is 6.67. The van der Waals surface area contributed by atoms with Gasteiger partial charge >= 0.3 is 0 Å². The Morgan fingerprint density at radius 2 is 1.54 bits per heavy atom. The molecular formula is C20H24N4. The van der Waals surface area contributed by atoms with Crippen LogP contribution in [0.5, 0.6) is 0 Å². The summed E-state index contributed by atoms with van der Waals surface area (Å²) in [5.74, 6) is 1.84. The van der Waals surface area contributed by atoms with Crippen LogP contribution in [0, 0.1) is 6.92 Å². The summed E-state index contributed by atoms with van der Waals surface area (Å²) in [6.45, 7) is 6.45. The summed E-state index contributed by atoms with van der Waals surface area (Å²) in [6, 6.07) is 18.6. The number of anilines is 1. The first-order chi connectivity index (χ1) is 11.4. The average Bonchev–Trinajstić information content (AvgIpc) is 2.97. The Hall–Kier alpha value is -2.62. The van der Waals surface area contributed by atoms with E-state index in [1.54, 1.807) is 0 Å². The number of aryl methyl sites for hydroxylation is 1. The fourth-order valence-corrected chi connectivity index (χ4v) is 3.04. The molecule has 0 unspecified atom stereocenters. The lowest BCUT2D eigenvalue weighted by atomic mass is 10.0. The maximum absolute atomic E-state index is 4.52. The summed E-state index contributed by atoms with van der Waals surface area (Å²) in [6.07, 6.45) is 0. The number of rotatable bonds is 4. The summed E-state index contributed by atoms with van der Waals surface area (Å²) in [5, 5.41) is 9.00. The number of para-hydroxylation sites is 1. The van der Waals surface area contributed by atoms with Crippen LogP contribution in [0.4, 0.5) is 5.69 Å². The maximum Gasteiger partial charge on any atom is 0.164 e. The van der Waals surface area contributed by atoms with Crippen molar-refractivity contribution >= 4 is 5.69 Å². The molecular weight excluding hydrogens is 296 g/mol. The van der Waals surface area contributed by atoms with Crippen molar-refractivity contribution in [1.82, 2.24) is 14.8 Å². The lowest BCUT2D eigenvalue weighted by molar-refractivity contribution is 0.463. The molecule has 0 aliphatic rings. The molecule has 0 saturated heterocycles. The van der Waals surface area contributed by atoms with E-state index in [9.17, 15) is 0 Å². The van der Waals surface area contributed by atoms with Gasteiger partial charge in [0.25, 0.3) is 0 Å². The minimum atomic E-state index is -0.288. The van der Waals surface area contributed by atoms with Crippen LogP contribution < -0.4 is 4.90 Å². The van der Waals surface area contributed by atoms with Crippen LogP contribution in [-0.2, 0) is 12.6 Å². The lowest BCUT2D eigenvalue weighted by Crippen LogP contribution is -2.40. The van der Waals surface area contributed by atoms with Crippen molar-refractivity contribution < 1.29 is 0 Å². The number of hydrogen-bond acceptors (Lipinski definition) is 3. The standard InChI is InChI=1S/C20H24N4/c1-15-11-9-10-14-17(15)18-21-22-19(23(18)4)20(2,3)24(5)16-12-7-6-8-13-16/h6-14H,1-5H3. The molecule has 0 atom stereocenters. The molecule has 0 bridgehead atoms. The topological polar surface area (TPSA) is 34.0 Å². The van der Waals surface area contributed by atoms with E-state index in [4.69, 9.17) is 0 Å². The van der Waals surface area contributed by atoms with Gasteiger partial charge in [-0.15, -0.1) is 10.2 Å². The van der Waals surface area contributed by atoms with Crippen LogP contribution in [0.3, 0.4) is 0 Å². The third-order valence-electron chi connectivity index (χ3n) is 4.79. The number of hydrogen-bond donors (Lipinski definition) is 0. The third kappa shape index (κ3) is 2.68. The summed E-state index contributed by atoms with van der Waals surface area (Å²) < 4.78 is 2.10. The van der Waals surface area contributed by atoms with Gasteiger partial charge in [0, 0.05) is 25.3 Å². The first kappa shape index (κ1) is 16.2. The highest BCUT2D eigenvalue weighted by molar-refractivity contribution is 5.60. The molecule has 1 aromatic heterocycles. The molecule has 4 heteroatoms. The van der Waals surface area contributed by atoms with Gasteiger partial charge in [-0.2, -0.15) is 0 Å². The number of nitrogens with zero attached hydrogens (tertiary/aromatic N) is 4. The summed E-state index contributed by atoms with van der Waals surface area (Å²) >= 11 is 0. The zero-order valence-electron chi connectivity index (χ0n) is 15.0. The molecule has 124 valence electrons. The average molecular weight is 320 g/mol. The van der Waals surface area contributed by atoms with Crippen LogP contribution in [0.1, 0.15) is 25.2 Å². The molecule has 0 radical (unpaired) electrons. The number of aromatic nitrogens is 3. The van der Waals surface area contributed by atoms with Gasteiger partial charge < -0.3 is 9.47 Å². The highest BCUT2D eigenvalue weighted by atomic mass is 15.3. The van der Waals surface area contributed by atoms with Crippen molar-refractivity contribution in [2.75, 3.05) is 11.9 Å². The fraction of sp³-hybridized carbons (Fsp3) is 0.300. The summed E-state index contributed by atoms with van der Waals surface area (Å²) in [4.78, 5) is 2.23. The van der Waals surface area contributed by atoms with Crippen LogP contribution in [0.25, 0.3) is 11.4 Å². The first-order valence-electron chi connectivity index (χ1n) is 8.17. The highest BCUT2D eigenvalue weighted by Crippen LogP contribution is 2.32. The Bertz CT molecular complexity index is 834. The van der Waals surface area contributed by atoms with Gasteiger partial charge in [-0.05, 0) is 38.5 Å².